The van der Waals surface area contributed by atoms with Crippen LogP contribution < -0.4 is 10.6 Å². The van der Waals surface area contributed by atoms with Crippen molar-refractivity contribution in [2.24, 2.45) is 0 Å². The van der Waals surface area contributed by atoms with Crippen molar-refractivity contribution in [2.75, 3.05) is 10.6 Å². The van der Waals surface area contributed by atoms with E-state index in [1.807, 2.05) is 43.3 Å². The lowest BCUT2D eigenvalue weighted by Crippen LogP contribution is -2.13. The molecule has 0 aliphatic carbocycles. The highest BCUT2D eigenvalue weighted by atomic mass is 19.4. The van der Waals surface area contributed by atoms with E-state index in [-0.39, 0.29) is 11.8 Å². The van der Waals surface area contributed by atoms with E-state index in [2.05, 4.69) is 27.5 Å². The first-order chi connectivity index (χ1) is 14.4. The molecule has 0 atom stereocenters. The molecule has 1 heterocycles. The Labute approximate surface area is 174 Å². The summed E-state index contributed by atoms with van der Waals surface area (Å²) in [6.07, 6.45) is 0.160. The maximum absolute atomic E-state index is 13.5. The molecule has 2 aromatic carbocycles. The molecule has 0 amide bonds. The van der Waals surface area contributed by atoms with Gasteiger partial charge in [0.2, 0.25) is 5.95 Å². The van der Waals surface area contributed by atoms with Gasteiger partial charge in [0, 0.05) is 17.6 Å². The summed E-state index contributed by atoms with van der Waals surface area (Å²) in [6.45, 7) is 4.09. The molecule has 0 aliphatic heterocycles. The Morgan fingerprint density at radius 2 is 1.67 bits per heavy atom. The second kappa shape index (κ2) is 9.61. The van der Waals surface area contributed by atoms with E-state index < -0.39 is 11.7 Å². The summed E-state index contributed by atoms with van der Waals surface area (Å²) in [6, 6.07) is 15.0. The fourth-order valence-corrected chi connectivity index (χ4v) is 3.09. The van der Waals surface area contributed by atoms with Gasteiger partial charge in [-0.1, -0.05) is 50.6 Å². The van der Waals surface area contributed by atoms with Crippen LogP contribution in [0.25, 0.3) is 0 Å². The average molecular weight is 414 g/mol. The van der Waals surface area contributed by atoms with Crippen molar-refractivity contribution in [1.29, 1.82) is 0 Å². The normalized spacial score (nSPS) is 11.4. The van der Waals surface area contributed by atoms with Crippen LogP contribution in [0.2, 0.25) is 0 Å². The molecule has 3 rings (SSSR count). The molecule has 0 fully saturated rings. The molecule has 0 spiro atoms. The Hall–Kier alpha value is -3.09. The van der Waals surface area contributed by atoms with Crippen molar-refractivity contribution in [3.63, 3.8) is 0 Å². The van der Waals surface area contributed by atoms with Gasteiger partial charge in [-0.15, -0.1) is 0 Å². The van der Waals surface area contributed by atoms with E-state index >= 15 is 0 Å². The first-order valence-corrected chi connectivity index (χ1v) is 10.1. The molecule has 0 saturated carbocycles. The Balaban J connectivity index is 1.87. The number of aromatic nitrogens is 2. The Morgan fingerprint density at radius 3 is 2.33 bits per heavy atom. The van der Waals surface area contributed by atoms with Crippen LogP contribution in [0, 0.1) is 0 Å². The topological polar surface area (TPSA) is 49.8 Å². The fraction of sp³-hybridized carbons (Fsp3) is 0.304. The molecule has 4 nitrogen and oxygen atoms in total. The number of benzene rings is 2. The molecule has 0 bridgehead atoms. The summed E-state index contributed by atoms with van der Waals surface area (Å²) in [4.78, 5) is 8.00. The van der Waals surface area contributed by atoms with Gasteiger partial charge in [-0.2, -0.15) is 18.2 Å². The summed E-state index contributed by atoms with van der Waals surface area (Å²) in [5, 5.41) is 5.84. The van der Waals surface area contributed by atoms with Crippen LogP contribution in [0.1, 0.15) is 43.4 Å². The molecule has 0 radical (unpaired) electrons. The molecule has 2 N–H and O–H groups in total. The number of unbranched alkanes of at least 4 members (excludes halogenated alkanes) is 1. The third kappa shape index (κ3) is 5.49. The largest absolute Gasteiger partial charge is 0.421 e. The summed E-state index contributed by atoms with van der Waals surface area (Å²) in [5.41, 5.74) is 2.52. The van der Waals surface area contributed by atoms with Crippen molar-refractivity contribution in [3.05, 3.63) is 71.4 Å². The Kier molecular flexibility index (Phi) is 6.92. The third-order valence-electron chi connectivity index (χ3n) is 4.77. The van der Waals surface area contributed by atoms with E-state index in [0.717, 1.165) is 36.7 Å². The summed E-state index contributed by atoms with van der Waals surface area (Å²) in [7, 11) is 0. The van der Waals surface area contributed by atoms with E-state index in [0.29, 0.717) is 12.1 Å². The predicted molar refractivity (Wildman–Crippen MR) is 114 cm³/mol. The molecule has 1 aromatic heterocycles. The van der Waals surface area contributed by atoms with Crippen LogP contribution in [0.15, 0.2) is 54.7 Å². The number of nitrogens with zero attached hydrogens (tertiary/aromatic N) is 2. The van der Waals surface area contributed by atoms with E-state index in [1.165, 1.54) is 5.56 Å². The highest BCUT2D eigenvalue weighted by Crippen LogP contribution is 2.36. The Bertz CT molecular complexity index is 969. The molecule has 7 heteroatoms. The standard InChI is InChI=1S/C23H25F3N4/c1-3-5-8-16-11-13-18(14-12-16)28-22-27-15-19(23(24,25)26)21(30-22)29-20-10-7-6-9-17(20)4-2/h6-7,9-15H,3-5,8H2,1-2H3,(H2,27,28,29,30). The highest BCUT2D eigenvalue weighted by Gasteiger charge is 2.35. The lowest BCUT2D eigenvalue weighted by atomic mass is 10.1. The van der Waals surface area contributed by atoms with Gasteiger partial charge in [-0.3, -0.25) is 0 Å². The van der Waals surface area contributed by atoms with Crippen LogP contribution in [0.3, 0.4) is 0 Å². The van der Waals surface area contributed by atoms with Gasteiger partial charge in [0.1, 0.15) is 11.4 Å². The Morgan fingerprint density at radius 1 is 0.933 bits per heavy atom. The minimum Gasteiger partial charge on any atom is -0.339 e. The van der Waals surface area contributed by atoms with E-state index in [4.69, 9.17) is 0 Å². The highest BCUT2D eigenvalue weighted by molar-refractivity contribution is 5.65. The molecule has 3 aromatic rings. The quantitative estimate of drug-likeness (QED) is 0.421. The van der Waals surface area contributed by atoms with Crippen molar-refractivity contribution >= 4 is 23.1 Å². The van der Waals surface area contributed by atoms with Crippen LogP contribution in [0.5, 0.6) is 0 Å². The van der Waals surface area contributed by atoms with Crippen LogP contribution in [-0.4, -0.2) is 9.97 Å². The summed E-state index contributed by atoms with van der Waals surface area (Å²) in [5.74, 6) is -0.179. The first kappa shape index (κ1) is 21.6. The van der Waals surface area contributed by atoms with E-state index in [1.54, 1.807) is 12.1 Å². The number of aryl methyl sites for hydroxylation is 2. The molecule has 0 saturated heterocycles. The number of rotatable bonds is 8. The van der Waals surface area contributed by atoms with Gasteiger partial charge >= 0.3 is 6.18 Å². The summed E-state index contributed by atoms with van der Waals surface area (Å²) >= 11 is 0. The van der Waals surface area contributed by atoms with Crippen molar-refractivity contribution in [2.45, 2.75) is 45.7 Å². The number of nitrogens with one attached hydrogen (secondary N) is 2. The van der Waals surface area contributed by atoms with Crippen molar-refractivity contribution in [1.82, 2.24) is 9.97 Å². The molecule has 0 unspecified atom stereocenters. The molecule has 158 valence electrons. The van der Waals surface area contributed by atoms with Gasteiger partial charge in [0.15, 0.2) is 0 Å². The average Bonchev–Trinajstić information content (AvgIpc) is 2.73. The molecule has 0 aliphatic rings. The van der Waals surface area contributed by atoms with Crippen molar-refractivity contribution in [3.8, 4) is 0 Å². The second-order valence-corrected chi connectivity index (χ2v) is 7.01. The van der Waals surface area contributed by atoms with Crippen LogP contribution in [0.4, 0.5) is 36.3 Å². The van der Waals surface area contributed by atoms with Crippen LogP contribution >= 0.6 is 0 Å². The zero-order valence-electron chi connectivity index (χ0n) is 17.1. The van der Waals surface area contributed by atoms with Gasteiger partial charge in [-0.05, 0) is 48.6 Å². The number of hydrogen-bond donors (Lipinski definition) is 2. The number of anilines is 4. The minimum atomic E-state index is -4.57. The van der Waals surface area contributed by atoms with E-state index in [9.17, 15) is 13.2 Å². The first-order valence-electron chi connectivity index (χ1n) is 10.1. The maximum Gasteiger partial charge on any atom is 0.421 e. The maximum atomic E-state index is 13.5. The minimum absolute atomic E-state index is 0.0980. The predicted octanol–water partition coefficient (Wildman–Crippen LogP) is 6.89. The molecular weight excluding hydrogens is 389 g/mol. The second-order valence-electron chi connectivity index (χ2n) is 7.01. The number of hydrogen-bond acceptors (Lipinski definition) is 4. The van der Waals surface area contributed by atoms with Crippen molar-refractivity contribution < 1.29 is 13.2 Å². The van der Waals surface area contributed by atoms with Gasteiger partial charge < -0.3 is 10.6 Å². The SMILES string of the molecule is CCCCc1ccc(Nc2ncc(C(F)(F)F)c(Nc3ccccc3CC)n2)cc1. The molecular formula is C23H25F3N4. The lowest BCUT2D eigenvalue weighted by Gasteiger charge is -2.16. The van der Waals surface area contributed by atoms with Gasteiger partial charge in [0.05, 0.1) is 0 Å². The smallest absolute Gasteiger partial charge is 0.339 e. The van der Waals surface area contributed by atoms with Crippen LogP contribution in [-0.2, 0) is 19.0 Å². The third-order valence-corrected chi connectivity index (χ3v) is 4.77. The number of alkyl halides is 3. The zero-order valence-corrected chi connectivity index (χ0v) is 17.1. The van der Waals surface area contributed by atoms with Gasteiger partial charge in [0.25, 0.3) is 0 Å². The number of halogens is 3. The number of para-hydroxylation sites is 1. The monoisotopic (exact) mass is 414 g/mol. The lowest BCUT2D eigenvalue weighted by molar-refractivity contribution is -0.137. The zero-order chi connectivity index (χ0) is 21.6. The van der Waals surface area contributed by atoms with Gasteiger partial charge in [-0.25, -0.2) is 4.98 Å². The molecule has 30 heavy (non-hydrogen) atoms. The fourth-order valence-electron chi connectivity index (χ4n) is 3.09. The summed E-state index contributed by atoms with van der Waals surface area (Å²) < 4.78 is 40.5.